The molecule has 5 nitrogen and oxygen atoms in total. The molecular formula is C18H25F3IN3O2. The third-order valence-corrected chi connectivity index (χ3v) is 4.92. The van der Waals surface area contributed by atoms with E-state index in [4.69, 9.17) is 9.47 Å². The second-order valence-electron chi connectivity index (χ2n) is 6.77. The summed E-state index contributed by atoms with van der Waals surface area (Å²) in [6.45, 7) is 1.26. The molecule has 2 aliphatic rings. The van der Waals surface area contributed by atoms with Crippen LogP contribution in [0.25, 0.3) is 0 Å². The summed E-state index contributed by atoms with van der Waals surface area (Å²) in [7, 11) is 1.65. The zero-order valence-electron chi connectivity index (χ0n) is 15.1. The molecule has 2 N–H and O–H groups in total. The quantitative estimate of drug-likeness (QED) is 0.373. The number of aliphatic imine (C=N–C) groups is 1. The van der Waals surface area contributed by atoms with E-state index in [0.717, 1.165) is 17.7 Å². The van der Waals surface area contributed by atoms with Gasteiger partial charge in [0.25, 0.3) is 0 Å². The molecule has 2 atom stereocenters. The largest absolute Gasteiger partial charge is 0.454 e. The van der Waals surface area contributed by atoms with Crippen LogP contribution < -0.4 is 20.1 Å². The number of benzene rings is 1. The van der Waals surface area contributed by atoms with Crippen molar-refractivity contribution in [2.24, 2.45) is 16.8 Å². The van der Waals surface area contributed by atoms with Gasteiger partial charge in [-0.1, -0.05) is 12.5 Å². The monoisotopic (exact) mass is 499 g/mol. The standard InChI is InChI=1S/C18H24F3N3O2.HI/c1-22-17(23-9-12-3-2-4-14(7-12)18(19,20)21)24-10-13-5-6-15-16(8-13)26-11-25-15;/h5-6,8,12,14H,2-4,7,9-11H2,1H3,(H2,22,23,24);1H. The highest BCUT2D eigenvalue weighted by atomic mass is 127. The lowest BCUT2D eigenvalue weighted by molar-refractivity contribution is -0.185. The predicted octanol–water partition coefficient (Wildman–Crippen LogP) is 4.07. The lowest BCUT2D eigenvalue weighted by Gasteiger charge is -2.30. The van der Waals surface area contributed by atoms with Gasteiger partial charge in [0.05, 0.1) is 5.92 Å². The van der Waals surface area contributed by atoms with Crippen molar-refractivity contribution in [3.05, 3.63) is 23.8 Å². The minimum absolute atomic E-state index is 0. The van der Waals surface area contributed by atoms with Crippen molar-refractivity contribution in [1.82, 2.24) is 10.6 Å². The van der Waals surface area contributed by atoms with Crippen LogP contribution in [0.1, 0.15) is 31.2 Å². The van der Waals surface area contributed by atoms with Gasteiger partial charge >= 0.3 is 6.18 Å². The average molecular weight is 499 g/mol. The first-order valence-electron chi connectivity index (χ1n) is 8.85. The molecule has 27 heavy (non-hydrogen) atoms. The molecule has 1 aliphatic heterocycles. The highest BCUT2D eigenvalue weighted by Crippen LogP contribution is 2.39. The summed E-state index contributed by atoms with van der Waals surface area (Å²) in [6.07, 6.45) is -2.21. The molecule has 0 saturated heterocycles. The number of ether oxygens (including phenoxy) is 2. The lowest BCUT2D eigenvalue weighted by Crippen LogP contribution is -2.41. The van der Waals surface area contributed by atoms with Crippen LogP contribution in [0, 0.1) is 11.8 Å². The van der Waals surface area contributed by atoms with Crippen LogP contribution >= 0.6 is 24.0 Å². The summed E-state index contributed by atoms with van der Waals surface area (Å²) in [5, 5.41) is 6.33. The van der Waals surface area contributed by atoms with Crippen molar-refractivity contribution in [3.63, 3.8) is 0 Å². The minimum Gasteiger partial charge on any atom is -0.454 e. The Kier molecular flexibility index (Phi) is 7.87. The number of nitrogens with zero attached hydrogens (tertiary/aromatic N) is 1. The Morgan fingerprint density at radius 1 is 1.19 bits per heavy atom. The van der Waals surface area contributed by atoms with Crippen molar-refractivity contribution in [2.45, 2.75) is 38.4 Å². The summed E-state index contributed by atoms with van der Waals surface area (Å²) in [4.78, 5) is 4.14. The van der Waals surface area contributed by atoms with E-state index in [2.05, 4.69) is 15.6 Å². The van der Waals surface area contributed by atoms with Crippen LogP contribution in [0.2, 0.25) is 0 Å². The Morgan fingerprint density at radius 2 is 1.96 bits per heavy atom. The molecule has 3 rings (SSSR count). The fourth-order valence-corrected chi connectivity index (χ4v) is 3.47. The number of nitrogens with one attached hydrogen (secondary N) is 2. The Labute approximate surface area is 174 Å². The molecule has 1 aromatic rings. The van der Waals surface area contributed by atoms with Crippen molar-refractivity contribution in [3.8, 4) is 11.5 Å². The number of guanidine groups is 1. The van der Waals surface area contributed by atoms with Gasteiger partial charge in [-0.3, -0.25) is 4.99 Å². The SMILES string of the molecule is CN=C(NCc1ccc2c(c1)OCO2)NCC1CCCC(C(F)(F)F)C1.I. The fraction of sp³-hybridized carbons (Fsp3) is 0.611. The van der Waals surface area contributed by atoms with Crippen LogP contribution in [0.4, 0.5) is 13.2 Å². The van der Waals surface area contributed by atoms with Crippen LogP contribution in [0.3, 0.4) is 0 Å². The summed E-state index contributed by atoms with van der Waals surface area (Å²) < 4.78 is 49.3. The molecule has 1 fully saturated rings. The highest BCUT2D eigenvalue weighted by Gasteiger charge is 2.42. The second-order valence-corrected chi connectivity index (χ2v) is 6.77. The van der Waals surface area contributed by atoms with Gasteiger partial charge in [-0.2, -0.15) is 13.2 Å². The third-order valence-electron chi connectivity index (χ3n) is 4.92. The molecule has 0 aromatic heterocycles. The maximum atomic E-state index is 12.9. The normalized spacial score (nSPS) is 22.1. The summed E-state index contributed by atoms with van der Waals surface area (Å²) in [5.41, 5.74) is 1.01. The van der Waals surface area contributed by atoms with Gasteiger partial charge < -0.3 is 20.1 Å². The van der Waals surface area contributed by atoms with Crippen LogP contribution in [-0.4, -0.2) is 32.5 Å². The molecule has 2 unspecified atom stereocenters. The third kappa shape index (κ3) is 6.05. The maximum absolute atomic E-state index is 12.9. The topological polar surface area (TPSA) is 54.9 Å². The summed E-state index contributed by atoms with van der Waals surface area (Å²) >= 11 is 0. The van der Waals surface area contributed by atoms with Crippen molar-refractivity contribution in [1.29, 1.82) is 0 Å². The number of hydrogen-bond acceptors (Lipinski definition) is 3. The molecule has 9 heteroatoms. The van der Waals surface area contributed by atoms with E-state index in [0.29, 0.717) is 31.2 Å². The number of fused-ring (bicyclic) bond motifs is 1. The lowest BCUT2D eigenvalue weighted by atomic mass is 9.81. The van der Waals surface area contributed by atoms with Gasteiger partial charge in [-0.05, 0) is 42.9 Å². The van der Waals surface area contributed by atoms with Crippen molar-refractivity contribution < 1.29 is 22.6 Å². The zero-order valence-corrected chi connectivity index (χ0v) is 17.5. The Hall–Kier alpha value is -1.39. The summed E-state index contributed by atoms with van der Waals surface area (Å²) in [5.74, 6) is 0.864. The molecule has 1 aliphatic carbocycles. The molecule has 0 radical (unpaired) electrons. The first-order chi connectivity index (χ1) is 12.5. The molecule has 1 heterocycles. The fourth-order valence-electron chi connectivity index (χ4n) is 3.47. The Morgan fingerprint density at radius 3 is 2.70 bits per heavy atom. The van der Waals surface area contributed by atoms with E-state index in [1.165, 1.54) is 0 Å². The van der Waals surface area contributed by atoms with Crippen LogP contribution in [-0.2, 0) is 6.54 Å². The van der Waals surface area contributed by atoms with E-state index in [1.807, 2.05) is 18.2 Å². The van der Waals surface area contributed by atoms with Gasteiger partial charge in [-0.15, -0.1) is 24.0 Å². The molecule has 152 valence electrons. The second kappa shape index (κ2) is 9.70. The first-order valence-corrected chi connectivity index (χ1v) is 8.85. The van der Waals surface area contributed by atoms with Crippen LogP contribution in [0.5, 0.6) is 11.5 Å². The smallest absolute Gasteiger partial charge is 0.391 e. The molecule has 0 spiro atoms. The zero-order chi connectivity index (χ0) is 18.6. The first kappa shape index (κ1) is 21.9. The number of halogens is 4. The molecule has 1 aromatic carbocycles. The summed E-state index contributed by atoms with van der Waals surface area (Å²) in [6, 6.07) is 5.69. The number of alkyl halides is 3. The van der Waals surface area contributed by atoms with Crippen LogP contribution in [0.15, 0.2) is 23.2 Å². The van der Waals surface area contributed by atoms with Crippen molar-refractivity contribution >= 4 is 29.9 Å². The van der Waals surface area contributed by atoms with Crippen molar-refractivity contribution in [2.75, 3.05) is 20.4 Å². The van der Waals surface area contributed by atoms with Gasteiger partial charge in [0.1, 0.15) is 0 Å². The average Bonchev–Trinajstić information content (AvgIpc) is 3.09. The highest BCUT2D eigenvalue weighted by molar-refractivity contribution is 14.0. The molecule has 0 amide bonds. The Bertz CT molecular complexity index is 655. The van der Waals surface area contributed by atoms with E-state index in [-0.39, 0.29) is 49.5 Å². The van der Waals surface area contributed by atoms with Gasteiger partial charge in [0.15, 0.2) is 17.5 Å². The van der Waals surface area contributed by atoms with E-state index in [1.54, 1.807) is 7.05 Å². The molecule has 1 saturated carbocycles. The number of rotatable bonds is 4. The maximum Gasteiger partial charge on any atom is 0.391 e. The molecule has 0 bridgehead atoms. The predicted molar refractivity (Wildman–Crippen MR) is 108 cm³/mol. The van der Waals surface area contributed by atoms with Gasteiger partial charge in [0.2, 0.25) is 6.79 Å². The number of hydrogen-bond donors (Lipinski definition) is 2. The Balaban J connectivity index is 0.00000261. The van der Waals surface area contributed by atoms with E-state index >= 15 is 0 Å². The van der Waals surface area contributed by atoms with E-state index < -0.39 is 12.1 Å². The van der Waals surface area contributed by atoms with Gasteiger partial charge in [0, 0.05) is 20.1 Å². The van der Waals surface area contributed by atoms with E-state index in [9.17, 15) is 13.2 Å². The van der Waals surface area contributed by atoms with Gasteiger partial charge in [-0.25, -0.2) is 0 Å². The minimum atomic E-state index is -4.09. The molecular weight excluding hydrogens is 474 g/mol.